The average molecular weight is 340 g/mol. The maximum absolute atomic E-state index is 14.1. The van der Waals surface area contributed by atoms with Gasteiger partial charge in [-0.1, -0.05) is 12.1 Å². The fraction of sp³-hybridized carbons (Fsp3) is 0.214. The van der Waals surface area contributed by atoms with Gasteiger partial charge in [0, 0.05) is 10.7 Å². The molecule has 6 heteroatoms. The standard InChI is InChI=1S/C14H15BrFN3O/c1-20-13-4-2-3-9(14(13)16)7-12(19-17)11-6-5-10(15)8-18-11/h2-6,8,12,19H,7,17H2,1H3. The third-order valence-electron chi connectivity index (χ3n) is 3.00. The number of aromatic nitrogens is 1. The van der Waals surface area contributed by atoms with Crippen molar-refractivity contribution in [2.24, 2.45) is 5.84 Å². The third-order valence-corrected chi connectivity index (χ3v) is 3.46. The number of rotatable bonds is 5. The summed E-state index contributed by atoms with van der Waals surface area (Å²) in [5.41, 5.74) is 3.94. The highest BCUT2D eigenvalue weighted by atomic mass is 79.9. The Hall–Kier alpha value is -1.50. The van der Waals surface area contributed by atoms with E-state index >= 15 is 0 Å². The van der Waals surface area contributed by atoms with Gasteiger partial charge in [0.05, 0.1) is 18.8 Å². The number of nitrogens with two attached hydrogens (primary N) is 1. The van der Waals surface area contributed by atoms with Crippen LogP contribution in [0.3, 0.4) is 0 Å². The zero-order chi connectivity index (χ0) is 14.5. The second kappa shape index (κ2) is 6.78. The molecule has 1 atom stereocenters. The maximum atomic E-state index is 14.1. The van der Waals surface area contributed by atoms with Gasteiger partial charge >= 0.3 is 0 Å². The molecule has 20 heavy (non-hydrogen) atoms. The van der Waals surface area contributed by atoms with E-state index in [1.54, 1.807) is 24.4 Å². The van der Waals surface area contributed by atoms with Gasteiger partial charge in [0.1, 0.15) is 0 Å². The molecule has 3 N–H and O–H groups in total. The molecule has 0 saturated heterocycles. The Labute approximate surface area is 125 Å². The first-order chi connectivity index (χ1) is 9.65. The minimum atomic E-state index is -0.368. The topological polar surface area (TPSA) is 60.2 Å². The minimum absolute atomic E-state index is 0.224. The van der Waals surface area contributed by atoms with Gasteiger partial charge < -0.3 is 4.74 Å². The average Bonchev–Trinajstić information content (AvgIpc) is 2.47. The van der Waals surface area contributed by atoms with Crippen molar-refractivity contribution >= 4 is 15.9 Å². The molecule has 4 nitrogen and oxygen atoms in total. The van der Waals surface area contributed by atoms with Crippen LogP contribution in [0, 0.1) is 5.82 Å². The molecule has 0 radical (unpaired) electrons. The van der Waals surface area contributed by atoms with Crippen molar-refractivity contribution in [2.75, 3.05) is 7.11 Å². The molecule has 2 rings (SSSR count). The number of pyridine rings is 1. The Bertz CT molecular complexity index is 577. The van der Waals surface area contributed by atoms with Crippen molar-refractivity contribution in [3.05, 3.63) is 58.1 Å². The number of hydrogen-bond donors (Lipinski definition) is 2. The van der Waals surface area contributed by atoms with Gasteiger partial charge in [-0.05, 0) is 46.1 Å². The van der Waals surface area contributed by atoms with Crippen LogP contribution in [-0.4, -0.2) is 12.1 Å². The van der Waals surface area contributed by atoms with Gasteiger partial charge in [-0.25, -0.2) is 4.39 Å². The molecule has 1 aromatic heterocycles. The van der Waals surface area contributed by atoms with Crippen LogP contribution in [0.25, 0.3) is 0 Å². The number of benzene rings is 1. The normalized spacial score (nSPS) is 12.2. The van der Waals surface area contributed by atoms with Gasteiger partial charge in [0.2, 0.25) is 0 Å². The summed E-state index contributed by atoms with van der Waals surface area (Å²) in [5, 5.41) is 0. The molecular formula is C14H15BrFN3O. The first kappa shape index (κ1) is 14.9. The number of halogens is 2. The number of hydrazine groups is 1. The minimum Gasteiger partial charge on any atom is -0.494 e. The smallest absolute Gasteiger partial charge is 0.168 e. The summed E-state index contributed by atoms with van der Waals surface area (Å²) in [5.74, 6) is 5.41. The van der Waals surface area contributed by atoms with Crippen molar-refractivity contribution < 1.29 is 9.13 Å². The lowest BCUT2D eigenvalue weighted by molar-refractivity contribution is 0.382. The molecule has 0 amide bonds. The van der Waals surface area contributed by atoms with Crippen LogP contribution < -0.4 is 16.0 Å². The largest absolute Gasteiger partial charge is 0.494 e. The lowest BCUT2D eigenvalue weighted by Crippen LogP contribution is -2.30. The van der Waals surface area contributed by atoms with E-state index < -0.39 is 0 Å². The molecule has 1 heterocycles. The van der Waals surface area contributed by atoms with E-state index in [0.29, 0.717) is 12.0 Å². The summed E-state index contributed by atoms with van der Waals surface area (Å²) in [7, 11) is 1.44. The zero-order valence-corrected chi connectivity index (χ0v) is 12.5. The van der Waals surface area contributed by atoms with Crippen LogP contribution in [0.15, 0.2) is 41.0 Å². The molecule has 0 bridgehead atoms. The van der Waals surface area contributed by atoms with Gasteiger partial charge in [0.15, 0.2) is 11.6 Å². The number of nitrogens with zero attached hydrogens (tertiary/aromatic N) is 1. The Morgan fingerprint density at radius 1 is 1.40 bits per heavy atom. The van der Waals surface area contributed by atoms with E-state index in [2.05, 4.69) is 26.3 Å². The number of nitrogens with one attached hydrogen (secondary N) is 1. The van der Waals surface area contributed by atoms with Crippen LogP contribution in [0.5, 0.6) is 5.75 Å². The molecule has 0 aliphatic carbocycles. The Morgan fingerprint density at radius 2 is 2.20 bits per heavy atom. The van der Waals surface area contributed by atoms with E-state index in [-0.39, 0.29) is 17.6 Å². The van der Waals surface area contributed by atoms with Crippen molar-refractivity contribution in [2.45, 2.75) is 12.5 Å². The van der Waals surface area contributed by atoms with Crippen LogP contribution in [0.4, 0.5) is 4.39 Å². The van der Waals surface area contributed by atoms with Gasteiger partial charge in [-0.2, -0.15) is 0 Å². The van der Waals surface area contributed by atoms with Crippen LogP contribution in [-0.2, 0) is 6.42 Å². The Morgan fingerprint density at radius 3 is 2.80 bits per heavy atom. The summed E-state index contributed by atoms with van der Waals surface area (Å²) in [6.07, 6.45) is 2.07. The lowest BCUT2D eigenvalue weighted by atomic mass is 10.0. The lowest BCUT2D eigenvalue weighted by Gasteiger charge is -2.16. The van der Waals surface area contributed by atoms with E-state index in [9.17, 15) is 4.39 Å². The summed E-state index contributed by atoms with van der Waals surface area (Å²) < 4.78 is 20.0. The quantitative estimate of drug-likeness (QED) is 0.649. The molecule has 1 unspecified atom stereocenters. The molecule has 0 fully saturated rings. The van der Waals surface area contributed by atoms with Gasteiger partial charge in [-0.15, -0.1) is 0 Å². The molecule has 106 valence electrons. The summed E-state index contributed by atoms with van der Waals surface area (Å²) >= 11 is 3.32. The first-order valence-electron chi connectivity index (χ1n) is 6.04. The number of hydrogen-bond acceptors (Lipinski definition) is 4. The molecule has 2 aromatic rings. The van der Waals surface area contributed by atoms with Crippen LogP contribution in [0.2, 0.25) is 0 Å². The molecule has 0 spiro atoms. The summed E-state index contributed by atoms with van der Waals surface area (Å²) in [6, 6.07) is 8.48. The maximum Gasteiger partial charge on any atom is 0.168 e. The highest BCUT2D eigenvalue weighted by molar-refractivity contribution is 9.10. The number of ether oxygens (including phenoxy) is 1. The summed E-state index contributed by atoms with van der Waals surface area (Å²) in [4.78, 5) is 4.27. The molecule has 0 saturated carbocycles. The molecular weight excluding hydrogens is 325 g/mol. The van der Waals surface area contributed by atoms with Crippen LogP contribution in [0.1, 0.15) is 17.3 Å². The Kier molecular flexibility index (Phi) is 5.05. The predicted octanol–water partition coefficient (Wildman–Crippen LogP) is 2.74. The monoisotopic (exact) mass is 339 g/mol. The highest BCUT2D eigenvalue weighted by Gasteiger charge is 2.16. The highest BCUT2D eigenvalue weighted by Crippen LogP contribution is 2.24. The zero-order valence-electron chi connectivity index (χ0n) is 10.9. The first-order valence-corrected chi connectivity index (χ1v) is 6.84. The molecule has 1 aromatic carbocycles. The van der Waals surface area contributed by atoms with E-state index in [0.717, 1.165) is 10.2 Å². The van der Waals surface area contributed by atoms with Crippen LogP contribution >= 0.6 is 15.9 Å². The van der Waals surface area contributed by atoms with Crippen molar-refractivity contribution in [1.82, 2.24) is 10.4 Å². The molecule has 0 aliphatic heterocycles. The molecule has 0 aliphatic rings. The fourth-order valence-electron chi connectivity index (χ4n) is 1.93. The van der Waals surface area contributed by atoms with Crippen molar-refractivity contribution in [3.8, 4) is 5.75 Å². The van der Waals surface area contributed by atoms with Gasteiger partial charge in [0.25, 0.3) is 0 Å². The SMILES string of the molecule is COc1cccc(CC(NN)c2ccc(Br)cn2)c1F. The van der Waals surface area contributed by atoms with E-state index in [4.69, 9.17) is 10.6 Å². The summed E-state index contributed by atoms with van der Waals surface area (Å²) in [6.45, 7) is 0. The van der Waals surface area contributed by atoms with E-state index in [1.165, 1.54) is 7.11 Å². The van der Waals surface area contributed by atoms with Crippen molar-refractivity contribution in [1.29, 1.82) is 0 Å². The second-order valence-corrected chi connectivity index (χ2v) is 5.17. The fourth-order valence-corrected chi connectivity index (χ4v) is 2.17. The van der Waals surface area contributed by atoms with E-state index in [1.807, 2.05) is 12.1 Å². The Balaban J connectivity index is 2.24. The van der Waals surface area contributed by atoms with Crippen molar-refractivity contribution in [3.63, 3.8) is 0 Å². The number of methoxy groups -OCH3 is 1. The second-order valence-electron chi connectivity index (χ2n) is 4.26. The van der Waals surface area contributed by atoms with Gasteiger partial charge in [-0.3, -0.25) is 16.3 Å². The predicted molar refractivity (Wildman–Crippen MR) is 78.7 cm³/mol. The third kappa shape index (κ3) is 3.33.